The quantitative estimate of drug-likeness (QED) is 0.0393. The minimum absolute atomic E-state index is 0. The van der Waals surface area contributed by atoms with E-state index in [1.807, 2.05) is 39.8 Å². The van der Waals surface area contributed by atoms with Crippen LogP contribution in [0.4, 0.5) is 34.1 Å². The summed E-state index contributed by atoms with van der Waals surface area (Å²) in [6, 6.07) is 33.2. The maximum atomic E-state index is 12.5. The van der Waals surface area contributed by atoms with Crippen LogP contribution in [0.3, 0.4) is 0 Å². The van der Waals surface area contributed by atoms with E-state index in [-0.39, 0.29) is 70.0 Å². The Morgan fingerprint density at radius 2 is 0.844 bits per heavy atom. The van der Waals surface area contributed by atoms with E-state index in [9.17, 15) is 30.8 Å². The Morgan fingerprint density at radius 3 is 1.19 bits per heavy atom. The maximum Gasteiger partial charge on any atom is 0.250 e. The van der Waals surface area contributed by atoms with Crippen molar-refractivity contribution in [2.45, 2.75) is 27.7 Å². The zero-order valence-corrected chi connectivity index (χ0v) is 36.7. The van der Waals surface area contributed by atoms with Gasteiger partial charge in [0.2, 0.25) is 22.1 Å². The van der Waals surface area contributed by atoms with E-state index in [0.29, 0.717) is 43.1 Å². The van der Waals surface area contributed by atoms with Gasteiger partial charge in [-0.25, -0.2) is 0 Å². The van der Waals surface area contributed by atoms with Crippen LogP contribution in [-0.4, -0.2) is 66.4 Å². The Labute approximate surface area is 379 Å². The zero-order chi connectivity index (χ0) is 43.9. The van der Waals surface area contributed by atoms with Crippen molar-refractivity contribution < 1.29 is 46.9 Å². The fourth-order valence-corrected chi connectivity index (χ4v) is 6.65. The average molecular weight is 911 g/mol. The molecule has 18 nitrogen and oxygen atoms in total. The van der Waals surface area contributed by atoms with E-state index in [2.05, 4.69) is 40.5 Å². The van der Waals surface area contributed by atoms with Crippen molar-refractivity contribution in [1.29, 1.82) is 0 Å². The number of phenolic OH excluding ortho intramolecular Hbond substituents is 4. The molecule has 6 aromatic carbocycles. The largest absolute Gasteiger partial charge is 0.692 e. The van der Waals surface area contributed by atoms with Crippen molar-refractivity contribution in [1.82, 2.24) is 19.8 Å². The summed E-state index contributed by atoms with van der Waals surface area (Å²) in [4.78, 5) is 7.89. The van der Waals surface area contributed by atoms with Gasteiger partial charge in [0.1, 0.15) is 57.1 Å². The number of aromatic hydroxyl groups is 4. The summed E-state index contributed by atoms with van der Waals surface area (Å²) >= 11 is 0. The molecule has 333 valence electrons. The number of azo groups is 2. The molecule has 1 radical (unpaired) electrons. The standard InChI is InChI=1S/2C22H22N6O3.CH3.Co/c2*1-3-26(4-2)15-9-11-18(22(30)14-15)23-24-19-13-16(10-12-21(19)29)27-25-17-7-5-6-8-20(17)28(27)31;;/h2*5-14,29-30H,3-4H2,1-2H3;1H3;/q;;-1;. The Morgan fingerprint density at radius 1 is 0.484 bits per heavy atom. The van der Waals surface area contributed by atoms with Gasteiger partial charge in [0.15, 0.2) is 0 Å². The van der Waals surface area contributed by atoms with Crippen LogP contribution in [0, 0.1) is 17.8 Å². The summed E-state index contributed by atoms with van der Waals surface area (Å²) in [5, 5.41) is 91.0. The van der Waals surface area contributed by atoms with Crippen molar-refractivity contribution >= 4 is 56.2 Å². The number of aromatic nitrogens is 6. The Kier molecular flexibility index (Phi) is 15.4. The predicted octanol–water partition coefficient (Wildman–Crippen LogP) is 9.11. The molecule has 0 fully saturated rings. The van der Waals surface area contributed by atoms with E-state index in [0.717, 1.165) is 37.6 Å². The van der Waals surface area contributed by atoms with Crippen molar-refractivity contribution in [2.24, 2.45) is 20.5 Å². The third kappa shape index (κ3) is 9.95. The normalized spacial score (nSPS) is 11.1. The molecule has 0 aliphatic carbocycles. The summed E-state index contributed by atoms with van der Waals surface area (Å²) in [5.41, 5.74) is 5.38. The number of rotatable bonds is 12. The SMILES string of the molecule is CCN(CC)c1ccc(N=Nc2cc(-n3nc4ccccc4[n+]3[O-])ccc2O)c(O)c1.CCN(CC)c1ccc(N=Nc2cc(-n3nc4ccccc4[n+]3[O-])ccc2O)c(O)c1.[CH3-].[Co]. The second-order valence-electron chi connectivity index (χ2n) is 13.7. The first-order valence-electron chi connectivity index (χ1n) is 19.8. The van der Waals surface area contributed by atoms with Gasteiger partial charge in [-0.05, 0) is 110 Å². The van der Waals surface area contributed by atoms with E-state index < -0.39 is 0 Å². The Bertz CT molecular complexity index is 2730. The minimum atomic E-state index is -0.110. The van der Waals surface area contributed by atoms with Crippen LogP contribution >= 0.6 is 0 Å². The summed E-state index contributed by atoms with van der Waals surface area (Å²) in [6.07, 6.45) is 0. The number of nitrogens with zero attached hydrogens (tertiary/aromatic N) is 12. The Balaban J connectivity index is 0.000000234. The fraction of sp³-hybridized carbons (Fsp3) is 0.178. The molecule has 0 aliphatic rings. The Hall–Kier alpha value is -7.77. The number of benzene rings is 6. The summed E-state index contributed by atoms with van der Waals surface area (Å²) < 4.78 is 0. The molecular formula is C45H47CoN12O6-. The number of fused-ring (bicyclic) bond motifs is 2. The van der Waals surface area contributed by atoms with Gasteiger partial charge in [0.05, 0.1) is 10.2 Å². The summed E-state index contributed by atoms with van der Waals surface area (Å²) in [6.45, 7) is 11.4. The van der Waals surface area contributed by atoms with Crippen LogP contribution in [0.25, 0.3) is 33.4 Å². The van der Waals surface area contributed by atoms with Gasteiger partial charge in [-0.15, -0.1) is 30.1 Å². The second kappa shape index (κ2) is 20.9. The fourth-order valence-electron chi connectivity index (χ4n) is 6.65. The van der Waals surface area contributed by atoms with Crippen molar-refractivity contribution in [3.05, 3.63) is 139 Å². The van der Waals surface area contributed by atoms with Crippen LogP contribution in [0.1, 0.15) is 27.7 Å². The summed E-state index contributed by atoms with van der Waals surface area (Å²) in [5.74, 6) is -0.249. The molecule has 8 aromatic rings. The molecule has 0 saturated carbocycles. The smallest absolute Gasteiger partial charge is 0.250 e. The monoisotopic (exact) mass is 910 g/mol. The molecule has 0 bridgehead atoms. The van der Waals surface area contributed by atoms with Gasteiger partial charge < -0.3 is 48.1 Å². The van der Waals surface area contributed by atoms with Gasteiger partial charge in [-0.3, -0.25) is 0 Å². The number of hydrogen-bond donors (Lipinski definition) is 4. The molecule has 8 rings (SSSR count). The molecule has 0 unspecified atom stereocenters. The number of hydrogen-bond acceptors (Lipinski definition) is 14. The number of phenols is 4. The van der Waals surface area contributed by atoms with Crippen LogP contribution < -0.4 is 19.5 Å². The van der Waals surface area contributed by atoms with Gasteiger partial charge in [0.25, 0.3) is 0 Å². The molecule has 0 atom stereocenters. The molecule has 64 heavy (non-hydrogen) atoms. The molecular weight excluding hydrogens is 864 g/mol. The van der Waals surface area contributed by atoms with Crippen LogP contribution in [0.15, 0.2) is 142 Å². The topological polar surface area (TPSA) is 226 Å². The van der Waals surface area contributed by atoms with Crippen LogP contribution in [-0.2, 0) is 16.8 Å². The van der Waals surface area contributed by atoms with E-state index >= 15 is 0 Å². The molecule has 0 spiro atoms. The first-order chi connectivity index (χ1) is 30.0. The number of para-hydroxylation sites is 2. The maximum absolute atomic E-state index is 12.5. The molecule has 19 heteroatoms. The van der Waals surface area contributed by atoms with E-state index in [1.54, 1.807) is 84.9 Å². The second-order valence-corrected chi connectivity index (χ2v) is 13.7. The first-order valence-corrected chi connectivity index (χ1v) is 19.8. The van der Waals surface area contributed by atoms with Crippen LogP contribution in [0.5, 0.6) is 23.0 Å². The molecule has 4 N–H and O–H groups in total. The van der Waals surface area contributed by atoms with Gasteiger partial charge in [-0.1, -0.05) is 24.3 Å². The zero-order valence-electron chi connectivity index (χ0n) is 35.7. The molecule has 0 aliphatic heterocycles. The van der Waals surface area contributed by atoms with Crippen molar-refractivity contribution in [3.63, 3.8) is 0 Å². The summed E-state index contributed by atoms with van der Waals surface area (Å²) in [7, 11) is 0. The van der Waals surface area contributed by atoms with Crippen molar-refractivity contribution in [3.8, 4) is 34.4 Å². The predicted molar refractivity (Wildman–Crippen MR) is 241 cm³/mol. The third-order valence-electron chi connectivity index (χ3n) is 10.0. The van der Waals surface area contributed by atoms with Crippen LogP contribution in [0.2, 0.25) is 0 Å². The van der Waals surface area contributed by atoms with Gasteiger partial charge in [0, 0.05) is 78.6 Å². The number of anilines is 2. The molecule has 0 amide bonds. The van der Waals surface area contributed by atoms with E-state index in [1.165, 1.54) is 33.9 Å². The van der Waals surface area contributed by atoms with Gasteiger partial charge >= 0.3 is 0 Å². The first kappa shape index (κ1) is 47.3. The average Bonchev–Trinajstić information content (AvgIpc) is 3.81. The van der Waals surface area contributed by atoms with E-state index in [4.69, 9.17) is 0 Å². The molecule has 0 saturated heterocycles. The molecule has 2 heterocycles. The molecule has 2 aromatic heterocycles. The third-order valence-corrected chi connectivity index (χ3v) is 10.0. The van der Waals surface area contributed by atoms with Crippen molar-refractivity contribution in [2.75, 3.05) is 36.0 Å². The minimum Gasteiger partial charge on any atom is -0.692 e. The van der Waals surface area contributed by atoms with Gasteiger partial charge in [-0.2, -0.15) is 0 Å².